The van der Waals surface area contributed by atoms with E-state index in [4.69, 9.17) is 0 Å². The molecule has 1 unspecified atom stereocenters. The van der Waals surface area contributed by atoms with Crippen molar-refractivity contribution in [3.05, 3.63) is 65.7 Å². The smallest absolute Gasteiger partial charge is 0.251 e. The zero-order valence-corrected chi connectivity index (χ0v) is 11.0. The summed E-state index contributed by atoms with van der Waals surface area (Å²) in [7, 11) is 0. The highest BCUT2D eigenvalue weighted by molar-refractivity contribution is 5.95. The van der Waals surface area contributed by atoms with Crippen molar-refractivity contribution in [3.63, 3.8) is 0 Å². The Labute approximate surface area is 117 Å². The molecule has 4 nitrogen and oxygen atoms in total. The Morgan fingerprint density at radius 3 is 2.60 bits per heavy atom. The van der Waals surface area contributed by atoms with Gasteiger partial charge in [0.2, 0.25) is 6.08 Å². The maximum absolute atomic E-state index is 12.1. The largest absolute Gasteiger partial charge is 0.346 e. The van der Waals surface area contributed by atoms with E-state index in [2.05, 4.69) is 10.3 Å². The molecule has 0 aliphatic heterocycles. The Balaban J connectivity index is 2.12. The lowest BCUT2D eigenvalue weighted by atomic mass is 10.1. The molecule has 0 aliphatic carbocycles. The normalized spacial score (nSPS) is 11.2. The minimum atomic E-state index is -0.204. The van der Waals surface area contributed by atoms with E-state index in [9.17, 15) is 9.59 Å². The van der Waals surface area contributed by atoms with Crippen LogP contribution in [0.25, 0.3) is 0 Å². The van der Waals surface area contributed by atoms with E-state index in [-0.39, 0.29) is 11.9 Å². The lowest BCUT2D eigenvalue weighted by molar-refractivity contribution is 0.0940. The van der Waals surface area contributed by atoms with Gasteiger partial charge in [-0.15, -0.1) is 0 Å². The Hall–Kier alpha value is -2.71. The molecular formula is C16H14N2O2. The van der Waals surface area contributed by atoms with E-state index in [0.29, 0.717) is 11.3 Å². The molecule has 20 heavy (non-hydrogen) atoms. The fourth-order valence-corrected chi connectivity index (χ4v) is 1.87. The van der Waals surface area contributed by atoms with Crippen LogP contribution in [0.3, 0.4) is 0 Å². The van der Waals surface area contributed by atoms with Crippen LogP contribution in [-0.2, 0) is 4.79 Å². The van der Waals surface area contributed by atoms with Crippen molar-refractivity contribution in [3.8, 4) is 0 Å². The van der Waals surface area contributed by atoms with Crippen molar-refractivity contribution >= 4 is 17.7 Å². The van der Waals surface area contributed by atoms with E-state index in [1.165, 1.54) is 6.08 Å². The molecule has 1 amide bonds. The lowest BCUT2D eigenvalue weighted by Crippen LogP contribution is -2.26. The molecule has 0 spiro atoms. The molecule has 1 atom stereocenters. The number of nitrogens with one attached hydrogen (secondary N) is 1. The number of aliphatic imine (C=N–C) groups is 1. The van der Waals surface area contributed by atoms with Crippen LogP contribution in [-0.4, -0.2) is 12.0 Å². The number of amides is 1. The third-order valence-corrected chi connectivity index (χ3v) is 2.93. The number of hydrogen-bond acceptors (Lipinski definition) is 3. The molecule has 2 aromatic carbocycles. The molecule has 0 saturated heterocycles. The Kier molecular flexibility index (Phi) is 4.43. The highest BCUT2D eigenvalue weighted by Gasteiger charge is 2.11. The highest BCUT2D eigenvalue weighted by Crippen LogP contribution is 2.16. The fourth-order valence-electron chi connectivity index (χ4n) is 1.87. The van der Waals surface area contributed by atoms with Crippen molar-refractivity contribution in [1.82, 2.24) is 5.32 Å². The SMILES string of the molecule is CC(NC(=O)c1cccc(N=C=O)c1)c1ccccc1. The van der Waals surface area contributed by atoms with Crippen molar-refractivity contribution in [1.29, 1.82) is 0 Å². The third-order valence-electron chi connectivity index (χ3n) is 2.93. The van der Waals surface area contributed by atoms with Gasteiger partial charge in [0.15, 0.2) is 0 Å². The molecule has 0 saturated carbocycles. The molecule has 0 aromatic heterocycles. The number of rotatable bonds is 4. The summed E-state index contributed by atoms with van der Waals surface area (Å²) in [6, 6.07) is 16.2. The summed E-state index contributed by atoms with van der Waals surface area (Å²) >= 11 is 0. The minimum Gasteiger partial charge on any atom is -0.346 e. The summed E-state index contributed by atoms with van der Waals surface area (Å²) in [5, 5.41) is 2.90. The molecule has 2 rings (SSSR count). The van der Waals surface area contributed by atoms with Gasteiger partial charge in [0.05, 0.1) is 11.7 Å². The molecule has 100 valence electrons. The van der Waals surface area contributed by atoms with Crippen LogP contribution in [0.1, 0.15) is 28.9 Å². The minimum absolute atomic E-state index is 0.0954. The zero-order chi connectivity index (χ0) is 14.4. The quantitative estimate of drug-likeness (QED) is 0.682. The maximum atomic E-state index is 12.1. The van der Waals surface area contributed by atoms with Gasteiger partial charge in [0.1, 0.15) is 0 Å². The zero-order valence-electron chi connectivity index (χ0n) is 11.0. The van der Waals surface area contributed by atoms with Gasteiger partial charge in [-0.3, -0.25) is 4.79 Å². The fraction of sp³-hybridized carbons (Fsp3) is 0.125. The Bertz CT molecular complexity index is 647. The molecule has 1 N–H and O–H groups in total. The van der Waals surface area contributed by atoms with E-state index >= 15 is 0 Å². The second-order valence-corrected chi connectivity index (χ2v) is 4.36. The van der Waals surface area contributed by atoms with Crippen LogP contribution < -0.4 is 5.32 Å². The molecular weight excluding hydrogens is 252 g/mol. The van der Waals surface area contributed by atoms with Gasteiger partial charge in [0.25, 0.3) is 5.91 Å². The Morgan fingerprint density at radius 1 is 1.15 bits per heavy atom. The van der Waals surface area contributed by atoms with Gasteiger partial charge in [-0.1, -0.05) is 36.4 Å². The number of hydrogen-bond donors (Lipinski definition) is 1. The van der Waals surface area contributed by atoms with Crippen molar-refractivity contribution in [2.75, 3.05) is 0 Å². The van der Waals surface area contributed by atoms with Gasteiger partial charge in [-0.25, -0.2) is 4.79 Å². The van der Waals surface area contributed by atoms with Crippen LogP contribution in [0.15, 0.2) is 59.6 Å². The first-order valence-electron chi connectivity index (χ1n) is 6.24. The number of carbonyl (C=O) groups excluding carboxylic acids is 2. The number of carbonyl (C=O) groups is 1. The first-order valence-corrected chi connectivity index (χ1v) is 6.24. The predicted molar refractivity (Wildman–Crippen MR) is 76.5 cm³/mol. The molecule has 0 heterocycles. The first-order chi connectivity index (χ1) is 9.70. The third kappa shape index (κ3) is 3.40. The molecule has 0 aliphatic rings. The Morgan fingerprint density at radius 2 is 1.90 bits per heavy atom. The van der Waals surface area contributed by atoms with E-state index in [1.54, 1.807) is 24.3 Å². The van der Waals surface area contributed by atoms with E-state index < -0.39 is 0 Å². The second-order valence-electron chi connectivity index (χ2n) is 4.36. The molecule has 4 heteroatoms. The van der Waals surface area contributed by atoms with Crippen molar-refractivity contribution < 1.29 is 9.59 Å². The van der Waals surface area contributed by atoms with E-state index in [1.807, 2.05) is 37.3 Å². The van der Waals surface area contributed by atoms with Crippen LogP contribution in [0.2, 0.25) is 0 Å². The van der Waals surface area contributed by atoms with Gasteiger partial charge in [0, 0.05) is 5.56 Å². The summed E-state index contributed by atoms with van der Waals surface area (Å²) < 4.78 is 0. The number of benzene rings is 2. The van der Waals surface area contributed by atoms with Crippen LogP contribution in [0.4, 0.5) is 5.69 Å². The van der Waals surface area contributed by atoms with Crippen LogP contribution in [0, 0.1) is 0 Å². The van der Waals surface area contributed by atoms with Gasteiger partial charge < -0.3 is 5.32 Å². The van der Waals surface area contributed by atoms with Gasteiger partial charge in [-0.2, -0.15) is 4.99 Å². The molecule has 0 bridgehead atoms. The van der Waals surface area contributed by atoms with Crippen LogP contribution >= 0.6 is 0 Å². The van der Waals surface area contributed by atoms with Gasteiger partial charge in [-0.05, 0) is 30.7 Å². The lowest BCUT2D eigenvalue weighted by Gasteiger charge is -2.14. The topological polar surface area (TPSA) is 58.5 Å². The molecule has 0 fully saturated rings. The number of isocyanates is 1. The molecule has 2 aromatic rings. The van der Waals surface area contributed by atoms with Crippen molar-refractivity contribution in [2.45, 2.75) is 13.0 Å². The second kappa shape index (κ2) is 6.45. The average molecular weight is 266 g/mol. The molecule has 0 radical (unpaired) electrons. The number of nitrogens with zero attached hydrogens (tertiary/aromatic N) is 1. The summed E-state index contributed by atoms with van der Waals surface area (Å²) in [5.74, 6) is -0.204. The summed E-state index contributed by atoms with van der Waals surface area (Å²) in [4.78, 5) is 25.9. The summed E-state index contributed by atoms with van der Waals surface area (Å²) in [6.07, 6.45) is 1.46. The standard InChI is InChI=1S/C16H14N2O2/c1-12(13-6-3-2-4-7-13)18-16(20)14-8-5-9-15(10-14)17-11-19/h2-10,12H,1H3,(H,18,20). The first kappa shape index (κ1) is 13.7. The summed E-state index contributed by atoms with van der Waals surface area (Å²) in [6.45, 7) is 1.92. The monoisotopic (exact) mass is 266 g/mol. The van der Waals surface area contributed by atoms with Crippen LogP contribution in [0.5, 0.6) is 0 Å². The summed E-state index contributed by atoms with van der Waals surface area (Å²) in [5.41, 5.74) is 1.91. The van der Waals surface area contributed by atoms with Gasteiger partial charge >= 0.3 is 0 Å². The predicted octanol–water partition coefficient (Wildman–Crippen LogP) is 3.14. The average Bonchev–Trinajstić information content (AvgIpc) is 2.48. The van der Waals surface area contributed by atoms with E-state index in [0.717, 1.165) is 5.56 Å². The maximum Gasteiger partial charge on any atom is 0.251 e. The van der Waals surface area contributed by atoms with Crippen molar-refractivity contribution in [2.24, 2.45) is 4.99 Å². The highest BCUT2D eigenvalue weighted by atomic mass is 16.1.